The van der Waals surface area contributed by atoms with Gasteiger partial charge in [-0.2, -0.15) is 0 Å². The van der Waals surface area contributed by atoms with E-state index >= 15 is 0 Å². The van der Waals surface area contributed by atoms with Gasteiger partial charge in [-0.05, 0) is 37.1 Å². The fourth-order valence-electron chi connectivity index (χ4n) is 1.63. The van der Waals surface area contributed by atoms with Gasteiger partial charge >= 0.3 is 0 Å². The van der Waals surface area contributed by atoms with Crippen LogP contribution in [0.1, 0.15) is 37.2 Å². The second-order valence-corrected chi connectivity index (χ2v) is 6.10. The molecule has 2 aromatic carbocycles. The molecule has 0 radical (unpaired) electrons. The van der Waals surface area contributed by atoms with Crippen LogP contribution in [0.15, 0.2) is 57.5 Å². The van der Waals surface area contributed by atoms with E-state index in [0.29, 0.717) is 0 Å². The van der Waals surface area contributed by atoms with Crippen molar-refractivity contribution in [2.24, 2.45) is 0 Å². The highest BCUT2D eigenvalue weighted by atomic mass is 79.9. The highest BCUT2D eigenvalue weighted by Gasteiger charge is 2.03. The Morgan fingerprint density at radius 3 is 1.20 bits per heavy atom. The molecule has 2 nitrogen and oxygen atoms in total. The molecule has 2 aromatic rings. The zero-order valence-electron chi connectivity index (χ0n) is 11.4. The van der Waals surface area contributed by atoms with Gasteiger partial charge in [0, 0.05) is 8.95 Å². The molecule has 20 heavy (non-hydrogen) atoms. The third kappa shape index (κ3) is 5.37. The molecule has 2 N–H and O–H groups in total. The van der Waals surface area contributed by atoms with Crippen molar-refractivity contribution in [3.05, 3.63) is 68.6 Å². The van der Waals surface area contributed by atoms with Crippen molar-refractivity contribution in [1.29, 1.82) is 0 Å². The lowest BCUT2D eigenvalue weighted by atomic mass is 10.1. The Balaban J connectivity index is 0.000000200. The average Bonchev–Trinajstić information content (AvgIpc) is 2.40. The maximum atomic E-state index is 9.17. The van der Waals surface area contributed by atoms with Gasteiger partial charge in [-0.25, -0.2) is 0 Å². The lowest BCUT2D eigenvalue weighted by Gasteiger charge is -2.05. The summed E-state index contributed by atoms with van der Waals surface area (Å²) in [5.41, 5.74) is 1.87. The highest BCUT2D eigenvalue weighted by molar-refractivity contribution is 9.10. The van der Waals surface area contributed by atoms with Gasteiger partial charge in [0.2, 0.25) is 0 Å². The lowest BCUT2D eigenvalue weighted by molar-refractivity contribution is 0.198. The number of hydrogen-bond donors (Lipinski definition) is 2. The normalized spacial score (nSPS) is 13.1. The van der Waals surface area contributed by atoms with Gasteiger partial charge in [-0.15, -0.1) is 0 Å². The smallest absolute Gasteiger partial charge is 0.0772 e. The number of halogens is 2. The zero-order valence-corrected chi connectivity index (χ0v) is 14.6. The number of rotatable bonds is 2. The molecule has 0 fully saturated rings. The van der Waals surface area contributed by atoms with E-state index in [0.717, 1.165) is 20.1 Å². The first-order chi connectivity index (χ1) is 9.43. The molecule has 0 amide bonds. The zero-order chi connectivity index (χ0) is 15.1. The van der Waals surface area contributed by atoms with Crippen molar-refractivity contribution in [2.45, 2.75) is 26.1 Å². The quantitative estimate of drug-likeness (QED) is 0.742. The van der Waals surface area contributed by atoms with Crippen LogP contribution in [0.2, 0.25) is 0 Å². The molecule has 0 aliphatic rings. The molecule has 0 aromatic heterocycles. The first-order valence-corrected chi connectivity index (χ1v) is 7.87. The summed E-state index contributed by atoms with van der Waals surface area (Å²) in [5.74, 6) is 0. The summed E-state index contributed by atoms with van der Waals surface area (Å²) in [6.07, 6.45) is -0.786. The van der Waals surface area contributed by atoms with E-state index in [-0.39, 0.29) is 0 Å². The van der Waals surface area contributed by atoms with Crippen molar-refractivity contribution in [2.75, 3.05) is 0 Å². The first kappa shape index (κ1) is 17.4. The Bertz CT molecular complexity index is 490. The predicted octanol–water partition coefficient (Wildman–Crippen LogP) is 5.00. The van der Waals surface area contributed by atoms with Crippen molar-refractivity contribution >= 4 is 31.9 Å². The minimum absolute atomic E-state index is 0.393. The van der Waals surface area contributed by atoms with Crippen LogP contribution in [0, 0.1) is 0 Å². The van der Waals surface area contributed by atoms with Crippen LogP contribution in [0.25, 0.3) is 0 Å². The fraction of sp³-hybridized carbons (Fsp3) is 0.250. The van der Waals surface area contributed by atoms with Gasteiger partial charge in [-0.1, -0.05) is 68.3 Å². The van der Waals surface area contributed by atoms with Crippen LogP contribution in [-0.2, 0) is 0 Å². The van der Waals surface area contributed by atoms with Gasteiger partial charge in [0.15, 0.2) is 0 Å². The van der Waals surface area contributed by atoms with Gasteiger partial charge in [-0.3, -0.25) is 0 Å². The molecule has 4 heteroatoms. The molecule has 0 heterocycles. The standard InChI is InChI=1S/2C8H9BrO/c2*1-6(10)7-4-2-3-5-8(7)9/h2*2-6,10H,1H3. The maximum Gasteiger partial charge on any atom is 0.0772 e. The number of benzene rings is 2. The third-order valence-corrected chi connectivity index (χ3v) is 4.15. The number of aliphatic hydroxyl groups is 2. The molecule has 0 bridgehead atoms. The molecule has 2 rings (SSSR count). The van der Waals surface area contributed by atoms with E-state index in [4.69, 9.17) is 0 Å². The molecular formula is C16H18Br2O2. The minimum atomic E-state index is -0.393. The molecule has 2 atom stereocenters. The van der Waals surface area contributed by atoms with Crippen LogP contribution in [0.5, 0.6) is 0 Å². The van der Waals surface area contributed by atoms with E-state index in [1.165, 1.54) is 0 Å². The third-order valence-electron chi connectivity index (χ3n) is 2.71. The molecule has 0 aliphatic carbocycles. The molecule has 0 saturated carbocycles. The minimum Gasteiger partial charge on any atom is -0.389 e. The average molecular weight is 402 g/mol. The monoisotopic (exact) mass is 400 g/mol. The molecule has 0 aliphatic heterocycles. The number of aliphatic hydroxyl groups excluding tert-OH is 2. The van der Waals surface area contributed by atoms with Gasteiger partial charge in [0.1, 0.15) is 0 Å². The second kappa shape index (κ2) is 8.57. The van der Waals surface area contributed by atoms with Crippen LogP contribution in [0.3, 0.4) is 0 Å². The SMILES string of the molecule is CC(O)c1ccccc1Br.CC(O)c1ccccc1Br. The van der Waals surface area contributed by atoms with Crippen molar-refractivity contribution in [3.8, 4) is 0 Å². The summed E-state index contributed by atoms with van der Waals surface area (Å²) >= 11 is 6.67. The fourth-order valence-corrected chi connectivity index (χ4v) is 2.86. The van der Waals surface area contributed by atoms with Gasteiger partial charge < -0.3 is 10.2 Å². The van der Waals surface area contributed by atoms with Crippen molar-refractivity contribution < 1.29 is 10.2 Å². The summed E-state index contributed by atoms with van der Waals surface area (Å²) in [6.45, 7) is 3.50. The van der Waals surface area contributed by atoms with E-state index in [2.05, 4.69) is 31.9 Å². The van der Waals surface area contributed by atoms with E-state index < -0.39 is 12.2 Å². The summed E-state index contributed by atoms with van der Waals surface area (Å²) in [7, 11) is 0. The van der Waals surface area contributed by atoms with E-state index in [9.17, 15) is 10.2 Å². The van der Waals surface area contributed by atoms with Crippen LogP contribution in [0.4, 0.5) is 0 Å². The Morgan fingerprint density at radius 1 is 0.700 bits per heavy atom. The van der Waals surface area contributed by atoms with Gasteiger partial charge in [0.25, 0.3) is 0 Å². The van der Waals surface area contributed by atoms with Crippen LogP contribution < -0.4 is 0 Å². The Kier molecular flexibility index (Phi) is 7.45. The van der Waals surface area contributed by atoms with Crippen LogP contribution >= 0.6 is 31.9 Å². The Labute approximate surface area is 136 Å². The number of hydrogen-bond acceptors (Lipinski definition) is 2. The maximum absolute atomic E-state index is 9.17. The predicted molar refractivity (Wildman–Crippen MR) is 89.6 cm³/mol. The summed E-state index contributed by atoms with van der Waals surface area (Å²) in [4.78, 5) is 0. The largest absolute Gasteiger partial charge is 0.389 e. The van der Waals surface area contributed by atoms with E-state index in [1.807, 2.05) is 48.5 Å². The van der Waals surface area contributed by atoms with Gasteiger partial charge in [0.05, 0.1) is 12.2 Å². The molecule has 0 saturated heterocycles. The summed E-state index contributed by atoms with van der Waals surface area (Å²) in [5, 5.41) is 18.3. The topological polar surface area (TPSA) is 40.5 Å². The molecule has 0 spiro atoms. The Morgan fingerprint density at radius 2 is 1.00 bits per heavy atom. The van der Waals surface area contributed by atoms with E-state index in [1.54, 1.807) is 13.8 Å². The first-order valence-electron chi connectivity index (χ1n) is 6.28. The Hall–Kier alpha value is -0.680. The lowest BCUT2D eigenvalue weighted by Crippen LogP contribution is -1.90. The molecule has 108 valence electrons. The molecular weight excluding hydrogens is 384 g/mol. The summed E-state index contributed by atoms with van der Waals surface area (Å²) in [6, 6.07) is 15.3. The van der Waals surface area contributed by atoms with Crippen molar-refractivity contribution in [3.63, 3.8) is 0 Å². The van der Waals surface area contributed by atoms with Crippen molar-refractivity contribution in [1.82, 2.24) is 0 Å². The highest BCUT2D eigenvalue weighted by Crippen LogP contribution is 2.22. The molecule has 2 unspecified atom stereocenters. The summed E-state index contributed by atoms with van der Waals surface area (Å²) < 4.78 is 1.93. The van der Waals surface area contributed by atoms with Crippen LogP contribution in [-0.4, -0.2) is 10.2 Å². The second-order valence-electron chi connectivity index (χ2n) is 4.39.